The van der Waals surface area contributed by atoms with E-state index in [1.54, 1.807) is 55.6 Å². The molecule has 1 fully saturated rings. The van der Waals surface area contributed by atoms with Crippen LogP contribution in [0.3, 0.4) is 0 Å². The van der Waals surface area contributed by atoms with Crippen LogP contribution < -0.4 is 14.4 Å². The number of hydrogen-bond donors (Lipinski definition) is 0. The third kappa shape index (κ3) is 5.47. The predicted molar refractivity (Wildman–Crippen MR) is 139 cm³/mol. The van der Waals surface area contributed by atoms with Crippen molar-refractivity contribution in [2.45, 2.75) is 11.4 Å². The number of amides is 1. The molecule has 3 aromatic carbocycles. The second kappa shape index (κ2) is 11.0. The number of benzene rings is 3. The van der Waals surface area contributed by atoms with Crippen LogP contribution >= 0.6 is 0 Å². The van der Waals surface area contributed by atoms with Gasteiger partial charge in [-0.1, -0.05) is 18.2 Å². The fraction of sp³-hybridized carbons (Fsp3) is 0.296. The summed E-state index contributed by atoms with van der Waals surface area (Å²) in [6, 6.07) is 21.4. The van der Waals surface area contributed by atoms with Crippen LogP contribution in [0, 0.1) is 0 Å². The summed E-state index contributed by atoms with van der Waals surface area (Å²) in [7, 11) is 1.01. The number of rotatable bonds is 8. The number of piperazine rings is 1. The number of sulfonamides is 1. The minimum Gasteiger partial charge on any atom is -0.497 e. The molecule has 1 aliphatic rings. The third-order valence-corrected chi connectivity index (χ3v) is 8.19. The molecule has 190 valence electrons. The summed E-state index contributed by atoms with van der Waals surface area (Å²) in [5, 5.41) is 0. The topological polar surface area (TPSA) is 79.4 Å². The number of carbonyl (C=O) groups excluding carboxylic acids is 1. The summed E-state index contributed by atoms with van der Waals surface area (Å²) in [6.07, 6.45) is 0. The molecule has 0 unspecified atom stereocenters. The summed E-state index contributed by atoms with van der Waals surface area (Å²) in [6.45, 7) is 2.70. The van der Waals surface area contributed by atoms with Crippen molar-refractivity contribution in [1.29, 1.82) is 0 Å². The van der Waals surface area contributed by atoms with Crippen molar-refractivity contribution in [3.63, 3.8) is 0 Å². The maximum atomic E-state index is 13.3. The van der Waals surface area contributed by atoms with Gasteiger partial charge in [0.25, 0.3) is 5.91 Å². The second-order valence-corrected chi connectivity index (χ2v) is 10.6. The number of methoxy groups -OCH3 is 2. The molecule has 0 atom stereocenters. The van der Waals surface area contributed by atoms with E-state index in [1.807, 2.05) is 29.2 Å². The van der Waals surface area contributed by atoms with Crippen LogP contribution in [0.1, 0.15) is 15.9 Å². The van der Waals surface area contributed by atoms with E-state index >= 15 is 0 Å². The molecule has 0 aromatic heterocycles. The van der Waals surface area contributed by atoms with E-state index < -0.39 is 10.0 Å². The van der Waals surface area contributed by atoms with Gasteiger partial charge in [0.15, 0.2) is 0 Å². The van der Waals surface area contributed by atoms with Gasteiger partial charge < -0.3 is 19.3 Å². The molecule has 1 amide bonds. The van der Waals surface area contributed by atoms with Gasteiger partial charge in [0, 0.05) is 56.6 Å². The van der Waals surface area contributed by atoms with E-state index in [0.717, 1.165) is 24.5 Å². The lowest BCUT2D eigenvalue weighted by atomic mass is 10.1. The Balaban J connectivity index is 1.46. The first-order valence-electron chi connectivity index (χ1n) is 11.7. The molecule has 1 saturated heterocycles. The normalized spacial score (nSPS) is 14.1. The molecule has 0 radical (unpaired) electrons. The lowest BCUT2D eigenvalue weighted by Crippen LogP contribution is -2.48. The highest BCUT2D eigenvalue weighted by Gasteiger charge is 2.25. The van der Waals surface area contributed by atoms with Crippen molar-refractivity contribution in [1.82, 2.24) is 9.21 Å². The zero-order valence-electron chi connectivity index (χ0n) is 20.8. The first kappa shape index (κ1) is 25.5. The molecule has 0 spiro atoms. The van der Waals surface area contributed by atoms with Crippen molar-refractivity contribution in [2.75, 3.05) is 52.3 Å². The molecule has 1 heterocycles. The van der Waals surface area contributed by atoms with Gasteiger partial charge in [-0.2, -0.15) is 4.31 Å². The maximum Gasteiger partial charge on any atom is 0.253 e. The number of carbonyl (C=O) groups is 1. The van der Waals surface area contributed by atoms with E-state index in [1.165, 1.54) is 18.5 Å². The Bertz CT molecular complexity index is 1290. The van der Waals surface area contributed by atoms with Gasteiger partial charge in [0.05, 0.1) is 19.1 Å². The highest BCUT2D eigenvalue weighted by atomic mass is 32.2. The van der Waals surface area contributed by atoms with Gasteiger partial charge >= 0.3 is 0 Å². The monoisotopic (exact) mass is 509 g/mol. The van der Waals surface area contributed by atoms with Gasteiger partial charge in [0.2, 0.25) is 10.0 Å². The SMILES string of the molecule is COc1ccc(N2CCN(C(=O)c3ccc(OC)c(CN(C)S(=O)(=O)c4ccccc4)c3)CC2)cc1. The lowest BCUT2D eigenvalue weighted by Gasteiger charge is -2.36. The number of hydrogen-bond acceptors (Lipinski definition) is 6. The molecule has 0 saturated carbocycles. The minimum atomic E-state index is -3.68. The highest BCUT2D eigenvalue weighted by Crippen LogP contribution is 2.26. The number of anilines is 1. The molecule has 9 heteroatoms. The zero-order chi connectivity index (χ0) is 25.7. The van der Waals surface area contributed by atoms with Gasteiger partial charge in [-0.05, 0) is 54.6 Å². The molecule has 1 aliphatic heterocycles. The van der Waals surface area contributed by atoms with Crippen LogP contribution in [0.4, 0.5) is 5.69 Å². The van der Waals surface area contributed by atoms with Crippen molar-refractivity contribution < 1.29 is 22.7 Å². The summed E-state index contributed by atoms with van der Waals surface area (Å²) >= 11 is 0. The second-order valence-electron chi connectivity index (χ2n) is 8.58. The van der Waals surface area contributed by atoms with E-state index in [4.69, 9.17) is 9.47 Å². The van der Waals surface area contributed by atoms with Gasteiger partial charge in [0.1, 0.15) is 11.5 Å². The van der Waals surface area contributed by atoms with Crippen LogP contribution in [0.5, 0.6) is 11.5 Å². The van der Waals surface area contributed by atoms with E-state index in [-0.39, 0.29) is 17.3 Å². The van der Waals surface area contributed by atoms with Gasteiger partial charge in [-0.25, -0.2) is 8.42 Å². The standard InChI is InChI=1S/C27H31N3O5S/c1-28(36(32,33)25-7-5-4-6-8-25)20-22-19-21(9-14-26(22)35-3)27(31)30-17-15-29(16-18-30)23-10-12-24(34-2)13-11-23/h4-14,19H,15-18,20H2,1-3H3. The quantitative estimate of drug-likeness (QED) is 0.463. The van der Waals surface area contributed by atoms with Crippen LogP contribution in [0.25, 0.3) is 0 Å². The van der Waals surface area contributed by atoms with E-state index in [2.05, 4.69) is 4.90 Å². The highest BCUT2D eigenvalue weighted by molar-refractivity contribution is 7.89. The Morgan fingerprint density at radius 3 is 2.17 bits per heavy atom. The molecule has 4 rings (SSSR count). The van der Waals surface area contributed by atoms with Gasteiger partial charge in [-0.15, -0.1) is 0 Å². The fourth-order valence-corrected chi connectivity index (χ4v) is 5.45. The average Bonchev–Trinajstić information content (AvgIpc) is 2.93. The molecule has 0 N–H and O–H groups in total. The average molecular weight is 510 g/mol. The third-order valence-electron chi connectivity index (χ3n) is 6.38. The Kier molecular flexibility index (Phi) is 7.81. The summed E-state index contributed by atoms with van der Waals surface area (Å²) in [4.78, 5) is 17.6. The molecular formula is C27H31N3O5S. The van der Waals surface area contributed by atoms with Gasteiger partial charge in [-0.3, -0.25) is 4.79 Å². The largest absolute Gasteiger partial charge is 0.497 e. The fourth-order valence-electron chi connectivity index (χ4n) is 4.28. The van der Waals surface area contributed by atoms with Crippen LogP contribution in [-0.4, -0.2) is 71.0 Å². The number of nitrogens with zero attached hydrogens (tertiary/aromatic N) is 3. The van der Waals surface area contributed by atoms with Crippen LogP contribution in [0.2, 0.25) is 0 Å². The predicted octanol–water partition coefficient (Wildman–Crippen LogP) is 3.49. The minimum absolute atomic E-state index is 0.0762. The molecule has 8 nitrogen and oxygen atoms in total. The van der Waals surface area contributed by atoms with Crippen LogP contribution in [0.15, 0.2) is 77.7 Å². The van der Waals surface area contributed by atoms with E-state index in [9.17, 15) is 13.2 Å². The Morgan fingerprint density at radius 2 is 1.56 bits per heavy atom. The Hall–Kier alpha value is -3.56. The maximum absolute atomic E-state index is 13.3. The molecular weight excluding hydrogens is 478 g/mol. The van der Waals surface area contributed by atoms with Crippen molar-refractivity contribution >= 4 is 21.6 Å². The molecule has 36 heavy (non-hydrogen) atoms. The summed E-state index contributed by atoms with van der Waals surface area (Å²) in [5.41, 5.74) is 2.23. The summed E-state index contributed by atoms with van der Waals surface area (Å²) < 4.78 is 37.9. The van der Waals surface area contributed by atoms with Crippen molar-refractivity contribution in [2.24, 2.45) is 0 Å². The summed E-state index contributed by atoms with van der Waals surface area (Å²) in [5.74, 6) is 1.26. The Labute approximate surface area is 212 Å². The molecule has 0 bridgehead atoms. The lowest BCUT2D eigenvalue weighted by molar-refractivity contribution is 0.0746. The van der Waals surface area contributed by atoms with Crippen molar-refractivity contribution in [3.05, 3.63) is 83.9 Å². The Morgan fingerprint density at radius 1 is 0.889 bits per heavy atom. The van der Waals surface area contributed by atoms with E-state index in [0.29, 0.717) is 30.0 Å². The molecule has 3 aromatic rings. The smallest absolute Gasteiger partial charge is 0.253 e. The number of ether oxygens (including phenoxy) is 2. The molecule has 0 aliphatic carbocycles. The first-order valence-corrected chi connectivity index (χ1v) is 13.1. The van der Waals surface area contributed by atoms with Crippen molar-refractivity contribution in [3.8, 4) is 11.5 Å². The first-order chi connectivity index (χ1) is 17.3. The van der Waals surface area contributed by atoms with Crippen LogP contribution in [-0.2, 0) is 16.6 Å². The zero-order valence-corrected chi connectivity index (χ0v) is 21.6.